The molecule has 1 aliphatic heterocycles. The predicted molar refractivity (Wildman–Crippen MR) is 78.5 cm³/mol. The molecule has 1 aromatic rings. The van der Waals surface area contributed by atoms with Gasteiger partial charge < -0.3 is 14.7 Å². The first-order valence-electron chi connectivity index (χ1n) is 6.90. The minimum Gasteiger partial charge on any atom is -0.482 e. The van der Waals surface area contributed by atoms with Crippen LogP contribution in [-0.4, -0.2) is 41.1 Å². The molecule has 0 spiro atoms. The van der Waals surface area contributed by atoms with E-state index in [1.807, 2.05) is 0 Å². The van der Waals surface area contributed by atoms with Gasteiger partial charge in [-0.1, -0.05) is 23.7 Å². The van der Waals surface area contributed by atoms with Crippen LogP contribution in [0.2, 0.25) is 5.02 Å². The Balaban J connectivity index is 1.97. The molecule has 0 aliphatic carbocycles. The van der Waals surface area contributed by atoms with Crippen molar-refractivity contribution in [2.24, 2.45) is 5.92 Å². The Morgan fingerprint density at radius 3 is 2.81 bits per heavy atom. The van der Waals surface area contributed by atoms with E-state index >= 15 is 0 Å². The Morgan fingerprint density at radius 1 is 1.43 bits per heavy atom. The number of carbonyl (C=O) groups excluding carboxylic acids is 1. The van der Waals surface area contributed by atoms with Gasteiger partial charge in [0.05, 0.1) is 10.9 Å². The highest BCUT2D eigenvalue weighted by molar-refractivity contribution is 6.32. The first-order valence-corrected chi connectivity index (χ1v) is 7.28. The summed E-state index contributed by atoms with van der Waals surface area (Å²) in [6.45, 7) is 2.20. The van der Waals surface area contributed by atoms with E-state index in [2.05, 4.69) is 0 Å². The number of benzene rings is 1. The molecule has 1 fully saturated rings. The van der Waals surface area contributed by atoms with Gasteiger partial charge in [-0.25, -0.2) is 0 Å². The smallest absolute Gasteiger partial charge is 0.308 e. The van der Waals surface area contributed by atoms with E-state index in [1.165, 1.54) is 0 Å². The number of aliphatic carboxylic acids is 1. The molecule has 0 radical (unpaired) electrons. The van der Waals surface area contributed by atoms with Crippen LogP contribution < -0.4 is 4.74 Å². The molecule has 2 rings (SSSR count). The lowest BCUT2D eigenvalue weighted by atomic mass is 9.90. The van der Waals surface area contributed by atoms with E-state index in [1.54, 1.807) is 36.1 Å². The summed E-state index contributed by atoms with van der Waals surface area (Å²) in [6.07, 6.45) is 1.30. The van der Waals surface area contributed by atoms with Gasteiger partial charge in [0.25, 0.3) is 5.91 Å². The first kappa shape index (κ1) is 15.6. The lowest BCUT2D eigenvalue weighted by molar-refractivity contribution is -0.149. The second-order valence-corrected chi connectivity index (χ2v) is 5.54. The number of piperidine rings is 1. The monoisotopic (exact) mass is 311 g/mol. The number of rotatable bonds is 4. The highest BCUT2D eigenvalue weighted by Crippen LogP contribution is 2.25. The van der Waals surface area contributed by atoms with E-state index in [9.17, 15) is 9.59 Å². The molecule has 21 heavy (non-hydrogen) atoms. The largest absolute Gasteiger partial charge is 0.482 e. The van der Waals surface area contributed by atoms with Crippen LogP contribution in [-0.2, 0) is 9.59 Å². The number of para-hydroxylation sites is 1. The van der Waals surface area contributed by atoms with E-state index in [-0.39, 0.29) is 18.6 Å². The normalized spacial score (nSPS) is 21.9. The summed E-state index contributed by atoms with van der Waals surface area (Å²) in [5, 5.41) is 9.61. The van der Waals surface area contributed by atoms with Crippen LogP contribution >= 0.6 is 11.6 Å². The van der Waals surface area contributed by atoms with E-state index in [0.29, 0.717) is 30.2 Å². The standard InChI is InChI=1S/C15H18ClNO4/c1-10-11(15(19)20)5-4-8-17(10)14(18)9-21-13-7-3-2-6-12(13)16/h2-3,6-7,10-11H,4-5,8-9H2,1H3,(H,19,20)/t10-,11-/m1/s1. The molecule has 1 saturated heterocycles. The van der Waals surface area contributed by atoms with Crippen molar-refractivity contribution in [1.29, 1.82) is 0 Å². The third-order valence-electron chi connectivity index (χ3n) is 3.81. The van der Waals surface area contributed by atoms with Gasteiger partial charge in [0.2, 0.25) is 0 Å². The van der Waals surface area contributed by atoms with Crippen molar-refractivity contribution in [2.45, 2.75) is 25.8 Å². The fourth-order valence-corrected chi connectivity index (χ4v) is 2.80. The van der Waals surface area contributed by atoms with E-state index in [4.69, 9.17) is 21.4 Å². The molecule has 0 saturated carbocycles. The Bertz CT molecular complexity index is 534. The number of carboxylic acid groups (broad SMARTS) is 1. The van der Waals surface area contributed by atoms with Crippen LogP contribution in [0.15, 0.2) is 24.3 Å². The Labute approximate surface area is 128 Å². The van der Waals surface area contributed by atoms with Crippen LogP contribution in [0.3, 0.4) is 0 Å². The average Bonchev–Trinajstić information content (AvgIpc) is 2.46. The highest BCUT2D eigenvalue weighted by atomic mass is 35.5. The molecule has 0 aromatic heterocycles. The number of ether oxygens (including phenoxy) is 1. The van der Waals surface area contributed by atoms with Crippen molar-refractivity contribution in [1.82, 2.24) is 4.90 Å². The summed E-state index contributed by atoms with van der Waals surface area (Å²) in [5.74, 6) is -1.13. The van der Waals surface area contributed by atoms with Gasteiger partial charge in [-0.15, -0.1) is 0 Å². The molecule has 0 bridgehead atoms. The Morgan fingerprint density at radius 2 is 2.14 bits per heavy atom. The summed E-state index contributed by atoms with van der Waals surface area (Å²) in [6, 6.07) is 6.61. The average molecular weight is 312 g/mol. The fraction of sp³-hybridized carbons (Fsp3) is 0.467. The van der Waals surface area contributed by atoms with Gasteiger partial charge in [-0.05, 0) is 31.9 Å². The van der Waals surface area contributed by atoms with Crippen molar-refractivity contribution < 1.29 is 19.4 Å². The van der Waals surface area contributed by atoms with Gasteiger partial charge in [0.15, 0.2) is 6.61 Å². The van der Waals surface area contributed by atoms with Crippen molar-refractivity contribution in [3.8, 4) is 5.75 Å². The number of halogens is 1. The van der Waals surface area contributed by atoms with E-state index < -0.39 is 11.9 Å². The third kappa shape index (κ3) is 3.67. The predicted octanol–water partition coefficient (Wildman–Crippen LogP) is 2.43. The summed E-state index contributed by atoms with van der Waals surface area (Å²) >= 11 is 5.96. The van der Waals surface area contributed by atoms with E-state index in [0.717, 1.165) is 0 Å². The summed E-state index contributed by atoms with van der Waals surface area (Å²) in [7, 11) is 0. The van der Waals surface area contributed by atoms with Crippen molar-refractivity contribution in [2.75, 3.05) is 13.2 Å². The van der Waals surface area contributed by atoms with Gasteiger partial charge in [-0.2, -0.15) is 0 Å². The minimum atomic E-state index is -0.855. The highest BCUT2D eigenvalue weighted by Gasteiger charge is 2.35. The maximum absolute atomic E-state index is 12.2. The minimum absolute atomic E-state index is 0.138. The third-order valence-corrected chi connectivity index (χ3v) is 4.13. The summed E-state index contributed by atoms with van der Waals surface area (Å²) < 4.78 is 5.43. The quantitative estimate of drug-likeness (QED) is 0.927. The number of carboxylic acids is 1. The second-order valence-electron chi connectivity index (χ2n) is 5.13. The maximum Gasteiger partial charge on any atom is 0.308 e. The van der Waals surface area contributed by atoms with Gasteiger partial charge >= 0.3 is 5.97 Å². The van der Waals surface area contributed by atoms with Crippen LogP contribution in [0.25, 0.3) is 0 Å². The molecule has 5 nitrogen and oxygen atoms in total. The maximum atomic E-state index is 12.2. The van der Waals surface area contributed by atoms with Gasteiger partial charge in [0.1, 0.15) is 5.75 Å². The first-order chi connectivity index (χ1) is 10.0. The second kappa shape index (κ2) is 6.80. The molecule has 1 aliphatic rings. The zero-order valence-electron chi connectivity index (χ0n) is 11.8. The van der Waals surface area contributed by atoms with Crippen LogP contribution in [0.4, 0.5) is 0 Å². The molecule has 2 atom stereocenters. The molecular weight excluding hydrogens is 294 g/mol. The molecule has 114 valence electrons. The lowest BCUT2D eigenvalue weighted by Gasteiger charge is -2.37. The zero-order valence-corrected chi connectivity index (χ0v) is 12.5. The number of amides is 1. The summed E-state index contributed by atoms with van der Waals surface area (Å²) in [4.78, 5) is 25.0. The molecule has 1 heterocycles. The Hall–Kier alpha value is -1.75. The summed E-state index contributed by atoms with van der Waals surface area (Å²) in [5.41, 5.74) is 0. The van der Waals surface area contributed by atoms with Crippen LogP contribution in [0.1, 0.15) is 19.8 Å². The van der Waals surface area contributed by atoms with Crippen molar-refractivity contribution >= 4 is 23.5 Å². The van der Waals surface area contributed by atoms with Gasteiger partial charge in [-0.3, -0.25) is 9.59 Å². The number of carbonyl (C=O) groups is 2. The van der Waals surface area contributed by atoms with Gasteiger partial charge in [0, 0.05) is 12.6 Å². The number of nitrogens with zero attached hydrogens (tertiary/aromatic N) is 1. The van der Waals surface area contributed by atoms with Crippen LogP contribution in [0, 0.1) is 5.92 Å². The van der Waals surface area contributed by atoms with Crippen molar-refractivity contribution in [3.63, 3.8) is 0 Å². The fourth-order valence-electron chi connectivity index (χ4n) is 2.61. The zero-order chi connectivity index (χ0) is 15.4. The number of hydrogen-bond acceptors (Lipinski definition) is 3. The number of hydrogen-bond donors (Lipinski definition) is 1. The number of likely N-dealkylation sites (tertiary alicyclic amines) is 1. The lowest BCUT2D eigenvalue weighted by Crippen LogP contribution is -2.50. The SMILES string of the molecule is C[C@@H]1[C@H](C(=O)O)CCCN1C(=O)COc1ccccc1Cl. The molecule has 6 heteroatoms. The topological polar surface area (TPSA) is 66.8 Å². The molecule has 1 N–H and O–H groups in total. The molecular formula is C15H18ClNO4. The molecule has 1 aromatic carbocycles. The molecule has 0 unspecified atom stereocenters. The molecule has 1 amide bonds. The van der Waals surface area contributed by atoms with Crippen LogP contribution in [0.5, 0.6) is 5.75 Å². The van der Waals surface area contributed by atoms with Crippen molar-refractivity contribution in [3.05, 3.63) is 29.3 Å². The Kier molecular flexibility index (Phi) is 5.07.